The molecule has 0 aliphatic carbocycles. The molecule has 1 aromatic rings. The maximum Gasteiger partial charge on any atom is 0.331 e. The lowest BCUT2D eigenvalue weighted by molar-refractivity contribution is -0.140. The Balaban J connectivity index is 2.04. The summed E-state index contributed by atoms with van der Waals surface area (Å²) in [5, 5.41) is 2.51. The van der Waals surface area contributed by atoms with Crippen LogP contribution in [0.25, 0.3) is 0 Å². The van der Waals surface area contributed by atoms with E-state index in [9.17, 15) is 14.4 Å². The normalized spacial score (nSPS) is 15.4. The molecule has 6 heteroatoms. The third kappa shape index (κ3) is 2.29. The summed E-state index contributed by atoms with van der Waals surface area (Å²) in [6.45, 7) is 0.139. The average molecular weight is 253 g/mol. The summed E-state index contributed by atoms with van der Waals surface area (Å²) in [5.74, 6) is -1.70. The molecule has 4 amide bonds. The van der Waals surface area contributed by atoms with Gasteiger partial charge in [0.1, 0.15) is 0 Å². The van der Waals surface area contributed by atoms with Crippen LogP contribution in [-0.4, -0.2) is 29.3 Å². The SMILES string of the molecule is O=C1NC(=O)N(CCc2ccccc2Cl)C1=O. The number of halogens is 1. The Morgan fingerprint density at radius 3 is 2.47 bits per heavy atom. The molecular formula is C11H9ClN2O3. The fourth-order valence-corrected chi connectivity index (χ4v) is 1.80. The Hall–Kier alpha value is -1.88. The second kappa shape index (κ2) is 4.55. The summed E-state index contributed by atoms with van der Waals surface area (Å²) in [6, 6.07) is 6.48. The highest BCUT2D eigenvalue weighted by Gasteiger charge is 2.36. The summed E-state index contributed by atoms with van der Waals surface area (Å²) < 4.78 is 0. The van der Waals surface area contributed by atoms with Gasteiger partial charge in [-0.1, -0.05) is 29.8 Å². The van der Waals surface area contributed by atoms with Crippen molar-refractivity contribution in [2.24, 2.45) is 0 Å². The average Bonchev–Trinajstić information content (AvgIpc) is 2.53. The molecule has 0 spiro atoms. The lowest BCUT2D eigenvalue weighted by Crippen LogP contribution is -2.32. The van der Waals surface area contributed by atoms with Gasteiger partial charge < -0.3 is 0 Å². The molecule has 0 saturated carbocycles. The monoisotopic (exact) mass is 252 g/mol. The minimum absolute atomic E-state index is 0.139. The van der Waals surface area contributed by atoms with Crippen LogP contribution in [0.4, 0.5) is 4.79 Å². The summed E-state index contributed by atoms with van der Waals surface area (Å²) >= 11 is 5.94. The zero-order chi connectivity index (χ0) is 12.4. The maximum absolute atomic E-state index is 11.3. The number of carbonyl (C=O) groups excluding carboxylic acids is 3. The molecular weight excluding hydrogens is 244 g/mol. The van der Waals surface area contributed by atoms with Crippen LogP contribution >= 0.6 is 11.6 Å². The van der Waals surface area contributed by atoms with E-state index >= 15 is 0 Å². The van der Waals surface area contributed by atoms with Crippen molar-refractivity contribution in [2.75, 3.05) is 6.54 Å². The number of hydrogen-bond donors (Lipinski definition) is 1. The predicted octanol–water partition coefficient (Wildman–Crippen LogP) is 0.961. The van der Waals surface area contributed by atoms with Crippen LogP contribution in [0.2, 0.25) is 5.02 Å². The van der Waals surface area contributed by atoms with Crippen molar-refractivity contribution in [3.63, 3.8) is 0 Å². The number of imide groups is 2. The van der Waals surface area contributed by atoms with Crippen molar-refractivity contribution in [3.05, 3.63) is 34.9 Å². The second-order valence-electron chi connectivity index (χ2n) is 3.56. The Bertz CT molecular complexity index is 501. The first-order chi connectivity index (χ1) is 8.09. The standard InChI is InChI=1S/C11H9ClN2O3/c12-8-4-2-1-3-7(8)5-6-14-10(16)9(15)13-11(14)17/h1-4H,5-6H2,(H,13,15,17). The molecule has 1 fully saturated rings. The summed E-state index contributed by atoms with van der Waals surface area (Å²) in [5.41, 5.74) is 0.828. The predicted molar refractivity (Wildman–Crippen MR) is 60.4 cm³/mol. The van der Waals surface area contributed by atoms with Crippen LogP contribution in [0.5, 0.6) is 0 Å². The van der Waals surface area contributed by atoms with Gasteiger partial charge in [-0.2, -0.15) is 0 Å². The fourth-order valence-electron chi connectivity index (χ4n) is 1.57. The molecule has 2 rings (SSSR count). The van der Waals surface area contributed by atoms with E-state index in [0.29, 0.717) is 11.4 Å². The topological polar surface area (TPSA) is 66.5 Å². The van der Waals surface area contributed by atoms with Gasteiger partial charge in [0.2, 0.25) is 0 Å². The summed E-state index contributed by atoms with van der Waals surface area (Å²) in [7, 11) is 0. The van der Waals surface area contributed by atoms with Crippen molar-refractivity contribution in [1.29, 1.82) is 0 Å². The maximum atomic E-state index is 11.3. The molecule has 0 bridgehead atoms. The number of benzene rings is 1. The summed E-state index contributed by atoms with van der Waals surface area (Å²) in [4.78, 5) is 34.3. The highest BCUT2D eigenvalue weighted by molar-refractivity contribution is 6.44. The third-order valence-corrected chi connectivity index (χ3v) is 2.84. The second-order valence-corrected chi connectivity index (χ2v) is 3.96. The molecule has 17 heavy (non-hydrogen) atoms. The van der Waals surface area contributed by atoms with E-state index in [0.717, 1.165) is 10.5 Å². The van der Waals surface area contributed by atoms with Gasteiger partial charge in [-0.15, -0.1) is 0 Å². The molecule has 0 atom stereocenters. The van der Waals surface area contributed by atoms with Crippen LogP contribution in [-0.2, 0) is 16.0 Å². The van der Waals surface area contributed by atoms with Gasteiger partial charge >= 0.3 is 17.8 Å². The fraction of sp³-hybridized carbons (Fsp3) is 0.182. The smallest absolute Gasteiger partial charge is 0.269 e. The first kappa shape index (κ1) is 11.6. The molecule has 1 aliphatic heterocycles. The number of nitrogens with zero attached hydrogens (tertiary/aromatic N) is 1. The highest BCUT2D eigenvalue weighted by Crippen LogP contribution is 2.16. The molecule has 0 aromatic heterocycles. The Labute approximate surface area is 102 Å². The van der Waals surface area contributed by atoms with Gasteiger partial charge in [0.25, 0.3) is 0 Å². The Kier molecular flexibility index (Phi) is 3.10. The molecule has 1 N–H and O–H groups in total. The van der Waals surface area contributed by atoms with E-state index in [1.807, 2.05) is 17.4 Å². The lowest BCUT2D eigenvalue weighted by atomic mass is 10.1. The number of rotatable bonds is 3. The molecule has 5 nitrogen and oxygen atoms in total. The molecule has 1 saturated heterocycles. The Morgan fingerprint density at radius 2 is 1.88 bits per heavy atom. The van der Waals surface area contributed by atoms with E-state index in [1.165, 1.54) is 0 Å². The summed E-state index contributed by atoms with van der Waals surface area (Å²) in [6.07, 6.45) is 0.423. The van der Waals surface area contributed by atoms with E-state index in [1.54, 1.807) is 12.1 Å². The quantitative estimate of drug-likeness (QED) is 0.644. The molecule has 88 valence electrons. The van der Waals surface area contributed by atoms with Gasteiger partial charge in [0.05, 0.1) is 0 Å². The number of hydrogen-bond acceptors (Lipinski definition) is 3. The Morgan fingerprint density at radius 1 is 1.18 bits per heavy atom. The molecule has 0 unspecified atom stereocenters. The number of carbonyl (C=O) groups is 3. The van der Waals surface area contributed by atoms with E-state index in [4.69, 9.17) is 11.6 Å². The van der Waals surface area contributed by atoms with Gasteiger partial charge in [-0.3, -0.25) is 19.8 Å². The van der Waals surface area contributed by atoms with Crippen molar-refractivity contribution < 1.29 is 14.4 Å². The van der Waals surface area contributed by atoms with Crippen molar-refractivity contribution in [2.45, 2.75) is 6.42 Å². The van der Waals surface area contributed by atoms with Crippen LogP contribution < -0.4 is 5.32 Å². The van der Waals surface area contributed by atoms with Crippen LogP contribution in [0.3, 0.4) is 0 Å². The highest BCUT2D eigenvalue weighted by atomic mass is 35.5. The van der Waals surface area contributed by atoms with Crippen molar-refractivity contribution in [3.8, 4) is 0 Å². The number of nitrogens with one attached hydrogen (secondary N) is 1. The van der Waals surface area contributed by atoms with Gasteiger partial charge in [-0.05, 0) is 18.1 Å². The first-order valence-corrected chi connectivity index (χ1v) is 5.37. The van der Waals surface area contributed by atoms with Gasteiger partial charge in [0, 0.05) is 11.6 Å². The minimum atomic E-state index is -0.880. The van der Waals surface area contributed by atoms with Crippen LogP contribution in [0, 0.1) is 0 Å². The minimum Gasteiger partial charge on any atom is -0.269 e. The van der Waals surface area contributed by atoms with Gasteiger partial charge in [0.15, 0.2) is 0 Å². The third-order valence-electron chi connectivity index (χ3n) is 2.47. The molecule has 1 heterocycles. The first-order valence-electron chi connectivity index (χ1n) is 5.00. The van der Waals surface area contributed by atoms with Gasteiger partial charge in [-0.25, -0.2) is 4.79 Å². The van der Waals surface area contributed by atoms with E-state index < -0.39 is 17.8 Å². The lowest BCUT2D eigenvalue weighted by Gasteiger charge is -2.11. The number of urea groups is 1. The van der Waals surface area contributed by atoms with Crippen LogP contribution in [0.1, 0.15) is 5.56 Å². The van der Waals surface area contributed by atoms with E-state index in [-0.39, 0.29) is 6.54 Å². The molecule has 0 radical (unpaired) electrons. The van der Waals surface area contributed by atoms with Crippen LogP contribution in [0.15, 0.2) is 24.3 Å². The van der Waals surface area contributed by atoms with Crippen molar-refractivity contribution >= 4 is 29.4 Å². The van der Waals surface area contributed by atoms with Crippen molar-refractivity contribution in [1.82, 2.24) is 10.2 Å². The largest absolute Gasteiger partial charge is 0.331 e. The number of amides is 4. The molecule has 1 aliphatic rings. The van der Waals surface area contributed by atoms with E-state index in [2.05, 4.69) is 0 Å². The zero-order valence-corrected chi connectivity index (χ0v) is 9.53. The zero-order valence-electron chi connectivity index (χ0n) is 8.77. The molecule has 1 aromatic carbocycles.